The van der Waals surface area contributed by atoms with Crippen molar-refractivity contribution in [1.29, 1.82) is 0 Å². The van der Waals surface area contributed by atoms with Crippen LogP contribution >= 0.6 is 39.1 Å². The van der Waals surface area contributed by atoms with E-state index in [-0.39, 0.29) is 0 Å². The van der Waals surface area contributed by atoms with E-state index in [1.54, 1.807) is 0 Å². The molecular weight excluding hydrogens is 942 g/mol. The van der Waals surface area contributed by atoms with Crippen molar-refractivity contribution in [3.8, 4) is 50.5 Å². The van der Waals surface area contributed by atoms with Crippen LogP contribution in [0.2, 0.25) is 10.0 Å². The molecule has 2 aromatic heterocycles. The SMILES string of the molecule is Clc1ccc(-c2cccc(-c3cccc(-n4c5ccccc5c5ccccc54)c3)c2)cc1.Clc1ccc(-c2cccc(Br)c2)cc1.O[B]Oc1cccc(-n2c3ccccc3c3ccccc32)c1. The Hall–Kier alpha value is -7.32. The Balaban J connectivity index is 0.000000129. The number of para-hydroxylation sites is 4. The Kier molecular flexibility index (Phi) is 13.3. The molecule has 0 bridgehead atoms. The van der Waals surface area contributed by atoms with E-state index < -0.39 is 0 Å². The van der Waals surface area contributed by atoms with E-state index in [2.05, 4.69) is 183 Å². The van der Waals surface area contributed by atoms with Gasteiger partial charge in [0.05, 0.1) is 22.1 Å². The third-order valence-electron chi connectivity index (χ3n) is 11.9. The smallest absolute Gasteiger partial charge is 0.537 e. The minimum Gasteiger partial charge on any atom is -0.537 e. The summed E-state index contributed by atoms with van der Waals surface area (Å²) in [7, 11) is 0.699. The second-order valence-corrected chi connectivity index (χ2v) is 17.9. The van der Waals surface area contributed by atoms with Gasteiger partial charge in [-0.15, -0.1) is 0 Å². The fourth-order valence-electron chi connectivity index (χ4n) is 8.81. The predicted molar refractivity (Wildman–Crippen MR) is 291 cm³/mol. The highest BCUT2D eigenvalue weighted by Crippen LogP contribution is 2.35. The number of benzene rings is 10. The Morgan fingerprint density at radius 2 is 0.721 bits per heavy atom. The van der Waals surface area contributed by atoms with E-state index in [1.165, 1.54) is 60.4 Å². The van der Waals surface area contributed by atoms with Crippen LogP contribution in [-0.2, 0) is 0 Å². The fraction of sp³-hybridized carbons (Fsp3) is 0. The summed E-state index contributed by atoms with van der Waals surface area (Å²) in [5.41, 5.74) is 14.0. The maximum atomic E-state index is 8.83. The van der Waals surface area contributed by atoms with Crippen molar-refractivity contribution in [2.45, 2.75) is 0 Å². The minimum absolute atomic E-state index is 0.599. The Morgan fingerprint density at radius 3 is 1.18 bits per heavy atom. The first-order valence-electron chi connectivity index (χ1n) is 22.1. The molecule has 0 saturated carbocycles. The molecule has 2 heterocycles. The number of rotatable bonds is 7. The lowest BCUT2D eigenvalue weighted by atomic mass is 9.99. The third kappa shape index (κ3) is 9.46. The van der Waals surface area contributed by atoms with Gasteiger partial charge in [0, 0.05) is 53.5 Å². The zero-order valence-electron chi connectivity index (χ0n) is 36.6. The highest BCUT2D eigenvalue weighted by atomic mass is 79.9. The molecule has 68 heavy (non-hydrogen) atoms. The topological polar surface area (TPSA) is 39.3 Å². The van der Waals surface area contributed by atoms with Crippen LogP contribution in [-0.4, -0.2) is 21.8 Å². The molecule has 4 nitrogen and oxygen atoms in total. The summed E-state index contributed by atoms with van der Waals surface area (Å²) in [6.07, 6.45) is 0. The number of fused-ring (bicyclic) bond motifs is 6. The lowest BCUT2D eigenvalue weighted by Gasteiger charge is -2.11. The predicted octanol–water partition coefficient (Wildman–Crippen LogP) is 17.2. The maximum Gasteiger partial charge on any atom is 0.569 e. The standard InChI is InChI=1S/C30H20ClN.C18H13BNO2.C12H8BrCl/c31-25-17-15-21(16-18-25)22-7-5-8-23(19-22)24-9-6-10-26(20-24)32-29-13-3-1-11-27(29)28-12-2-4-14-30(28)32;21-19-22-14-7-5-6-13(12-14)20-17-10-3-1-8-15(17)16-9-2-4-11-18(16)20;13-11-3-1-2-10(8-11)9-4-6-12(14)7-5-9/h1-20H;1-12,21H;1-8H. The van der Waals surface area contributed by atoms with Crippen molar-refractivity contribution in [2.75, 3.05) is 0 Å². The second kappa shape index (κ2) is 20.3. The van der Waals surface area contributed by atoms with Crippen LogP contribution in [0.15, 0.2) is 247 Å². The summed E-state index contributed by atoms with van der Waals surface area (Å²) in [5.74, 6) is 0.599. The highest BCUT2D eigenvalue weighted by Gasteiger charge is 2.14. The first-order chi connectivity index (χ1) is 33.4. The average molecular weight is 984 g/mol. The van der Waals surface area contributed by atoms with Crippen molar-refractivity contribution < 1.29 is 9.68 Å². The van der Waals surface area contributed by atoms with Crippen LogP contribution < -0.4 is 4.65 Å². The summed E-state index contributed by atoms with van der Waals surface area (Å²) < 4.78 is 10.7. The molecule has 1 radical (unpaired) electrons. The van der Waals surface area contributed by atoms with Crippen LogP contribution in [0.25, 0.3) is 88.4 Å². The van der Waals surface area contributed by atoms with E-state index in [0.29, 0.717) is 13.4 Å². The summed E-state index contributed by atoms with van der Waals surface area (Å²) in [6, 6.07) is 83.1. The Morgan fingerprint density at radius 1 is 0.353 bits per heavy atom. The van der Waals surface area contributed by atoms with Crippen molar-refractivity contribution in [3.63, 3.8) is 0 Å². The van der Waals surface area contributed by atoms with Gasteiger partial charge < -0.3 is 18.8 Å². The first-order valence-corrected chi connectivity index (χ1v) is 23.6. The van der Waals surface area contributed by atoms with Crippen LogP contribution in [0, 0.1) is 0 Å². The summed E-state index contributed by atoms with van der Waals surface area (Å²) in [4.78, 5) is 0. The molecule has 10 aromatic carbocycles. The molecule has 12 rings (SSSR count). The molecule has 0 unspecified atom stereocenters. The van der Waals surface area contributed by atoms with E-state index in [0.717, 1.165) is 42.5 Å². The van der Waals surface area contributed by atoms with E-state index in [1.807, 2.05) is 84.9 Å². The van der Waals surface area contributed by atoms with Crippen LogP contribution in [0.3, 0.4) is 0 Å². The van der Waals surface area contributed by atoms with Gasteiger partial charge in [0.15, 0.2) is 0 Å². The third-order valence-corrected chi connectivity index (χ3v) is 12.9. The molecule has 8 heteroatoms. The molecule has 1 N–H and O–H groups in total. The van der Waals surface area contributed by atoms with Crippen molar-refractivity contribution in [1.82, 2.24) is 9.13 Å². The molecule has 0 aliphatic rings. The van der Waals surface area contributed by atoms with Crippen molar-refractivity contribution >= 4 is 90.4 Å². The molecule has 12 aromatic rings. The largest absolute Gasteiger partial charge is 0.569 e. The van der Waals surface area contributed by atoms with E-state index >= 15 is 0 Å². The van der Waals surface area contributed by atoms with Crippen LogP contribution in [0.1, 0.15) is 0 Å². The molecule has 327 valence electrons. The molecule has 0 amide bonds. The highest BCUT2D eigenvalue weighted by molar-refractivity contribution is 9.10. The van der Waals surface area contributed by atoms with Gasteiger partial charge in [-0.2, -0.15) is 0 Å². The van der Waals surface area contributed by atoms with Gasteiger partial charge in [-0.1, -0.05) is 185 Å². The molecule has 0 aliphatic heterocycles. The first kappa shape index (κ1) is 44.5. The van der Waals surface area contributed by atoms with E-state index in [9.17, 15) is 0 Å². The molecule has 0 saturated heterocycles. The van der Waals surface area contributed by atoms with Gasteiger partial charge in [0.2, 0.25) is 0 Å². The molecule has 0 atom stereocenters. The Bertz CT molecular complexity index is 3590. The maximum absolute atomic E-state index is 8.83. The number of aromatic nitrogens is 2. The van der Waals surface area contributed by atoms with Gasteiger partial charge in [0.25, 0.3) is 0 Å². The van der Waals surface area contributed by atoms with Gasteiger partial charge >= 0.3 is 7.69 Å². The molecule has 0 aliphatic carbocycles. The average Bonchev–Trinajstić information content (AvgIpc) is 3.91. The lowest BCUT2D eigenvalue weighted by Crippen LogP contribution is -2.01. The number of nitrogens with zero attached hydrogens (tertiary/aromatic N) is 2. The number of halogens is 3. The fourth-order valence-corrected chi connectivity index (χ4v) is 9.46. The summed E-state index contributed by atoms with van der Waals surface area (Å²) in [5, 5.41) is 15.3. The summed E-state index contributed by atoms with van der Waals surface area (Å²) in [6.45, 7) is 0. The lowest BCUT2D eigenvalue weighted by molar-refractivity contribution is 0.453. The quantitative estimate of drug-likeness (QED) is 0.162. The zero-order valence-corrected chi connectivity index (χ0v) is 39.7. The van der Waals surface area contributed by atoms with Gasteiger partial charge in [-0.05, 0) is 124 Å². The molecule has 0 spiro atoms. The van der Waals surface area contributed by atoms with E-state index in [4.69, 9.17) is 32.9 Å². The molecular formula is C60H41BBrCl2N2O2. The molecule has 0 fully saturated rings. The van der Waals surface area contributed by atoms with Gasteiger partial charge in [-0.3, -0.25) is 0 Å². The Labute approximate surface area is 414 Å². The van der Waals surface area contributed by atoms with Gasteiger partial charge in [-0.25, -0.2) is 0 Å². The van der Waals surface area contributed by atoms with Crippen LogP contribution in [0.5, 0.6) is 5.75 Å². The van der Waals surface area contributed by atoms with Gasteiger partial charge in [0.1, 0.15) is 5.75 Å². The van der Waals surface area contributed by atoms with Crippen molar-refractivity contribution in [2.24, 2.45) is 0 Å². The zero-order chi connectivity index (χ0) is 46.4. The van der Waals surface area contributed by atoms with Crippen molar-refractivity contribution in [3.05, 3.63) is 257 Å². The minimum atomic E-state index is 0.599. The number of hydrogen-bond donors (Lipinski definition) is 1. The monoisotopic (exact) mass is 981 g/mol. The summed E-state index contributed by atoms with van der Waals surface area (Å²) >= 11 is 15.3. The van der Waals surface area contributed by atoms with Crippen LogP contribution in [0.4, 0.5) is 0 Å². The number of hydrogen-bond acceptors (Lipinski definition) is 2. The second-order valence-electron chi connectivity index (χ2n) is 16.1. The normalized spacial score (nSPS) is 10.9.